The topological polar surface area (TPSA) is 90.3 Å². The molecule has 3 rings (SSSR count). The van der Waals surface area contributed by atoms with Crippen LogP contribution in [0.1, 0.15) is 68.0 Å². The predicted octanol–water partition coefficient (Wildman–Crippen LogP) is 3.94. The predicted molar refractivity (Wildman–Crippen MR) is 110 cm³/mol. The quantitative estimate of drug-likeness (QED) is 0.615. The van der Waals surface area contributed by atoms with E-state index in [1.165, 1.54) is 16.9 Å². The van der Waals surface area contributed by atoms with Gasteiger partial charge < -0.3 is 4.74 Å². The molecule has 0 saturated heterocycles. The third kappa shape index (κ3) is 5.32. The minimum absolute atomic E-state index is 0.0893. The second-order valence-corrected chi connectivity index (χ2v) is 9.73. The SMILES string of the molecule is CCOC(=O)Cn1ncc2c1CCCC2NS(=O)(=O)c1cc(C(C)C)cc(C(F)(F)F)c1. The summed E-state index contributed by atoms with van der Waals surface area (Å²) in [7, 11) is -4.24. The number of nitrogens with one attached hydrogen (secondary N) is 1. The number of benzene rings is 1. The Labute approximate surface area is 185 Å². The zero-order valence-corrected chi connectivity index (χ0v) is 18.9. The highest BCUT2D eigenvalue weighted by molar-refractivity contribution is 7.89. The number of sulfonamides is 1. The number of alkyl halides is 3. The molecule has 7 nitrogen and oxygen atoms in total. The fourth-order valence-corrected chi connectivity index (χ4v) is 5.06. The van der Waals surface area contributed by atoms with E-state index in [4.69, 9.17) is 4.74 Å². The van der Waals surface area contributed by atoms with Gasteiger partial charge in [-0.15, -0.1) is 0 Å². The van der Waals surface area contributed by atoms with Crippen molar-refractivity contribution in [3.05, 3.63) is 46.8 Å². The summed E-state index contributed by atoms with van der Waals surface area (Å²) in [4.78, 5) is 11.4. The second kappa shape index (κ2) is 9.22. The first kappa shape index (κ1) is 24.2. The van der Waals surface area contributed by atoms with Gasteiger partial charge in [0.05, 0.1) is 29.3 Å². The number of hydrogen-bond acceptors (Lipinski definition) is 5. The van der Waals surface area contributed by atoms with Crippen molar-refractivity contribution >= 4 is 16.0 Å². The van der Waals surface area contributed by atoms with Gasteiger partial charge in [-0.25, -0.2) is 13.1 Å². The van der Waals surface area contributed by atoms with Gasteiger partial charge in [-0.2, -0.15) is 18.3 Å². The summed E-state index contributed by atoms with van der Waals surface area (Å²) in [5, 5.41) is 4.19. The van der Waals surface area contributed by atoms with E-state index in [2.05, 4.69) is 9.82 Å². The number of esters is 1. The van der Waals surface area contributed by atoms with E-state index in [-0.39, 0.29) is 24.6 Å². The van der Waals surface area contributed by atoms with Gasteiger partial charge >= 0.3 is 12.1 Å². The molecule has 1 aromatic heterocycles. The van der Waals surface area contributed by atoms with Gasteiger partial charge in [-0.1, -0.05) is 13.8 Å². The van der Waals surface area contributed by atoms with Gasteiger partial charge in [0, 0.05) is 11.3 Å². The van der Waals surface area contributed by atoms with E-state index in [0.717, 1.165) is 6.07 Å². The summed E-state index contributed by atoms with van der Waals surface area (Å²) in [6.07, 6.45) is -1.47. The fraction of sp³-hybridized carbons (Fsp3) is 0.524. The molecule has 32 heavy (non-hydrogen) atoms. The average Bonchev–Trinajstić information content (AvgIpc) is 3.10. The van der Waals surface area contributed by atoms with Crippen molar-refractivity contribution in [3.8, 4) is 0 Å². The number of aromatic nitrogens is 2. The molecule has 1 aliphatic rings. The smallest absolute Gasteiger partial charge is 0.416 e. The van der Waals surface area contributed by atoms with Gasteiger partial charge in [-0.05, 0) is 55.9 Å². The van der Waals surface area contributed by atoms with Gasteiger partial charge in [0.25, 0.3) is 0 Å². The maximum Gasteiger partial charge on any atom is 0.416 e. The Hall–Kier alpha value is -2.40. The minimum Gasteiger partial charge on any atom is -0.465 e. The summed E-state index contributed by atoms with van der Waals surface area (Å²) >= 11 is 0. The number of hydrogen-bond donors (Lipinski definition) is 1. The number of fused-ring (bicyclic) bond motifs is 1. The molecular weight excluding hydrogens is 447 g/mol. The van der Waals surface area contributed by atoms with Gasteiger partial charge in [0.15, 0.2) is 0 Å². The standard InChI is InChI=1S/C21H26F3N3O4S/c1-4-31-20(28)12-27-19-7-5-6-18(17(19)11-25-27)26-32(29,30)16-9-14(13(2)3)8-15(10-16)21(22,23)24/h8-11,13,18,26H,4-7,12H2,1-3H3. The summed E-state index contributed by atoms with van der Waals surface area (Å²) in [6, 6.07) is 2.25. The van der Waals surface area contributed by atoms with Crippen LogP contribution in [0.25, 0.3) is 0 Å². The van der Waals surface area contributed by atoms with Crippen LogP contribution in [0.5, 0.6) is 0 Å². The molecular formula is C21H26F3N3O4S. The zero-order valence-electron chi connectivity index (χ0n) is 18.1. The lowest BCUT2D eigenvalue weighted by molar-refractivity contribution is -0.144. The van der Waals surface area contributed by atoms with E-state index in [9.17, 15) is 26.4 Å². The van der Waals surface area contributed by atoms with Crippen LogP contribution in [0.2, 0.25) is 0 Å². The van der Waals surface area contributed by atoms with Crippen LogP contribution in [0.15, 0.2) is 29.3 Å². The molecule has 0 fully saturated rings. The molecule has 1 aromatic carbocycles. The van der Waals surface area contributed by atoms with Crippen molar-refractivity contribution in [3.63, 3.8) is 0 Å². The van der Waals surface area contributed by atoms with E-state index >= 15 is 0 Å². The monoisotopic (exact) mass is 473 g/mol. The van der Waals surface area contributed by atoms with Crippen molar-refractivity contribution in [2.75, 3.05) is 6.61 Å². The third-order valence-electron chi connectivity index (χ3n) is 5.38. The molecule has 0 aliphatic heterocycles. The van der Waals surface area contributed by atoms with Crippen LogP contribution in [-0.2, 0) is 38.7 Å². The van der Waals surface area contributed by atoms with Crippen molar-refractivity contribution in [1.82, 2.24) is 14.5 Å². The Morgan fingerprint density at radius 1 is 1.31 bits per heavy atom. The van der Waals surface area contributed by atoms with Crippen molar-refractivity contribution in [2.24, 2.45) is 0 Å². The first-order valence-corrected chi connectivity index (χ1v) is 11.9. The molecule has 176 valence electrons. The highest BCUT2D eigenvalue weighted by Gasteiger charge is 2.34. The van der Waals surface area contributed by atoms with Crippen molar-refractivity contribution < 1.29 is 31.1 Å². The summed E-state index contributed by atoms with van der Waals surface area (Å²) < 4.78 is 75.1. The normalized spacial score (nSPS) is 16.8. The number of carbonyl (C=O) groups excluding carboxylic acids is 1. The molecule has 11 heteroatoms. The van der Waals surface area contributed by atoms with Crippen LogP contribution >= 0.6 is 0 Å². The number of rotatable bonds is 7. The van der Waals surface area contributed by atoms with Crippen LogP contribution in [0.4, 0.5) is 13.2 Å². The first-order chi connectivity index (χ1) is 14.9. The maximum absolute atomic E-state index is 13.4. The van der Waals surface area contributed by atoms with E-state index in [0.29, 0.717) is 36.6 Å². The fourth-order valence-electron chi connectivity index (χ4n) is 3.74. The Bertz CT molecular complexity index is 1090. The minimum atomic E-state index is -4.67. The highest BCUT2D eigenvalue weighted by atomic mass is 32.2. The number of nitrogens with zero attached hydrogens (tertiary/aromatic N) is 2. The Morgan fingerprint density at radius 3 is 2.66 bits per heavy atom. The lowest BCUT2D eigenvalue weighted by Crippen LogP contribution is -2.31. The lowest BCUT2D eigenvalue weighted by Gasteiger charge is -2.24. The van der Waals surface area contributed by atoms with Crippen LogP contribution in [-0.4, -0.2) is 30.8 Å². The highest BCUT2D eigenvalue weighted by Crippen LogP contribution is 2.35. The van der Waals surface area contributed by atoms with Crippen LogP contribution < -0.4 is 4.72 Å². The maximum atomic E-state index is 13.4. The lowest BCUT2D eigenvalue weighted by atomic mass is 9.94. The van der Waals surface area contributed by atoms with Gasteiger partial charge in [0.2, 0.25) is 10.0 Å². The first-order valence-electron chi connectivity index (χ1n) is 10.4. The Kier molecular flexibility index (Phi) is 6.99. The van der Waals surface area contributed by atoms with Crippen LogP contribution in [0, 0.1) is 0 Å². The summed E-state index contributed by atoms with van der Waals surface area (Å²) in [5.41, 5.74) is 0.603. The summed E-state index contributed by atoms with van der Waals surface area (Å²) in [5.74, 6) is -0.736. The van der Waals surface area contributed by atoms with E-state index in [1.807, 2.05) is 0 Å². The summed E-state index contributed by atoms with van der Waals surface area (Å²) in [6.45, 7) is 5.24. The third-order valence-corrected chi connectivity index (χ3v) is 6.83. The Morgan fingerprint density at radius 2 is 2.03 bits per heavy atom. The molecule has 1 N–H and O–H groups in total. The molecule has 0 bridgehead atoms. The largest absolute Gasteiger partial charge is 0.465 e. The number of ether oxygens (including phenoxy) is 1. The van der Waals surface area contributed by atoms with Crippen LogP contribution in [0.3, 0.4) is 0 Å². The molecule has 0 saturated carbocycles. The number of halogens is 3. The number of carbonyl (C=O) groups is 1. The van der Waals surface area contributed by atoms with E-state index < -0.39 is 38.7 Å². The molecule has 1 aliphatic carbocycles. The van der Waals surface area contributed by atoms with Gasteiger partial charge in [-0.3, -0.25) is 9.48 Å². The molecule has 2 aromatic rings. The zero-order chi connectivity index (χ0) is 23.7. The Balaban J connectivity index is 1.91. The molecule has 1 unspecified atom stereocenters. The molecule has 1 heterocycles. The molecule has 0 amide bonds. The van der Waals surface area contributed by atoms with Gasteiger partial charge in [0.1, 0.15) is 6.54 Å². The second-order valence-electron chi connectivity index (χ2n) is 8.02. The van der Waals surface area contributed by atoms with E-state index in [1.54, 1.807) is 20.8 Å². The average molecular weight is 474 g/mol. The van der Waals surface area contributed by atoms with Crippen molar-refractivity contribution in [2.45, 2.75) is 69.6 Å². The molecule has 1 atom stereocenters. The molecule has 0 spiro atoms. The molecule has 0 radical (unpaired) electrons. The van der Waals surface area contributed by atoms with Crippen molar-refractivity contribution in [1.29, 1.82) is 0 Å².